The fourth-order valence-corrected chi connectivity index (χ4v) is 2.56. The molecule has 28 heavy (non-hydrogen) atoms. The summed E-state index contributed by atoms with van der Waals surface area (Å²) in [6.07, 6.45) is 3.29. The van der Waals surface area contributed by atoms with Crippen molar-refractivity contribution in [2.75, 3.05) is 17.2 Å². The molecule has 1 aromatic carbocycles. The molecule has 0 aliphatic carbocycles. The number of aromatic nitrogens is 3. The van der Waals surface area contributed by atoms with Gasteiger partial charge in [-0.3, -0.25) is 4.98 Å². The Labute approximate surface area is 161 Å². The third-order valence-corrected chi connectivity index (χ3v) is 4.19. The van der Waals surface area contributed by atoms with Gasteiger partial charge in [-0.05, 0) is 30.2 Å². The first-order chi connectivity index (χ1) is 13.5. The summed E-state index contributed by atoms with van der Waals surface area (Å²) < 4.78 is 27.5. The Kier molecular flexibility index (Phi) is 6.10. The van der Waals surface area contributed by atoms with Gasteiger partial charge in [0.1, 0.15) is 17.5 Å². The molecule has 0 fully saturated rings. The molecule has 1 atom stereocenters. The van der Waals surface area contributed by atoms with Crippen LogP contribution in [0.5, 0.6) is 0 Å². The van der Waals surface area contributed by atoms with Crippen LogP contribution < -0.4 is 10.6 Å². The van der Waals surface area contributed by atoms with E-state index in [1.165, 1.54) is 0 Å². The zero-order valence-corrected chi connectivity index (χ0v) is 15.5. The number of benzene rings is 1. The van der Waals surface area contributed by atoms with Gasteiger partial charge in [0.05, 0.1) is 24.0 Å². The normalized spacial score (nSPS) is 12.1. The second-order valence-electron chi connectivity index (χ2n) is 6.63. The van der Waals surface area contributed by atoms with E-state index in [2.05, 4.69) is 25.6 Å². The number of nitrogens with one attached hydrogen (secondary N) is 2. The van der Waals surface area contributed by atoms with Crippen LogP contribution in [0.2, 0.25) is 0 Å². The van der Waals surface area contributed by atoms with Crippen LogP contribution in [-0.4, -0.2) is 32.7 Å². The van der Waals surface area contributed by atoms with Crippen LogP contribution in [0.25, 0.3) is 11.3 Å². The fraction of sp³-hybridized carbons (Fsp3) is 0.250. The van der Waals surface area contributed by atoms with E-state index in [1.807, 2.05) is 19.9 Å². The van der Waals surface area contributed by atoms with Gasteiger partial charge in [0.2, 0.25) is 5.95 Å². The molecule has 0 aliphatic heterocycles. The van der Waals surface area contributed by atoms with Crippen LogP contribution in [0.1, 0.15) is 13.8 Å². The van der Waals surface area contributed by atoms with Crippen molar-refractivity contribution in [3.8, 4) is 11.3 Å². The van der Waals surface area contributed by atoms with Gasteiger partial charge in [-0.1, -0.05) is 13.8 Å². The molecule has 0 aliphatic rings. The first-order valence-electron chi connectivity index (χ1n) is 8.85. The molecule has 146 valence electrons. The zero-order chi connectivity index (χ0) is 20.1. The highest BCUT2D eigenvalue weighted by molar-refractivity contribution is 5.67. The minimum atomic E-state index is -0.604. The van der Waals surface area contributed by atoms with E-state index in [9.17, 15) is 13.9 Å². The van der Waals surface area contributed by atoms with Crippen molar-refractivity contribution in [1.29, 1.82) is 0 Å². The Hall–Kier alpha value is -3.13. The summed E-state index contributed by atoms with van der Waals surface area (Å²) in [6, 6.07) is 8.10. The van der Waals surface area contributed by atoms with Gasteiger partial charge in [-0.25, -0.2) is 13.8 Å². The average Bonchev–Trinajstić information content (AvgIpc) is 2.69. The molecular weight excluding hydrogens is 364 g/mol. The first-order valence-corrected chi connectivity index (χ1v) is 8.85. The molecule has 0 unspecified atom stereocenters. The maximum Gasteiger partial charge on any atom is 0.225 e. The van der Waals surface area contributed by atoms with Gasteiger partial charge in [-0.15, -0.1) is 0 Å². The van der Waals surface area contributed by atoms with E-state index < -0.39 is 11.6 Å². The van der Waals surface area contributed by atoms with Crippen LogP contribution in [0.3, 0.4) is 0 Å². The molecule has 8 heteroatoms. The summed E-state index contributed by atoms with van der Waals surface area (Å²) in [6.45, 7) is 3.82. The molecule has 0 bridgehead atoms. The molecule has 0 amide bonds. The molecule has 0 saturated carbocycles. The minimum Gasteiger partial charge on any atom is -0.394 e. The summed E-state index contributed by atoms with van der Waals surface area (Å²) in [5.41, 5.74) is 1.25. The SMILES string of the molecule is CC(C)[C@@H](CO)Nc1nc(Nc2cc(F)ccc2F)cc(-c2cccnc2)n1. The summed E-state index contributed by atoms with van der Waals surface area (Å²) in [5.74, 6) is -0.501. The summed E-state index contributed by atoms with van der Waals surface area (Å²) >= 11 is 0. The molecule has 0 saturated heterocycles. The smallest absolute Gasteiger partial charge is 0.225 e. The van der Waals surface area contributed by atoms with Crippen LogP contribution >= 0.6 is 0 Å². The van der Waals surface area contributed by atoms with Crippen molar-refractivity contribution in [2.45, 2.75) is 19.9 Å². The maximum absolute atomic E-state index is 14.0. The van der Waals surface area contributed by atoms with Crippen molar-refractivity contribution in [1.82, 2.24) is 15.0 Å². The van der Waals surface area contributed by atoms with Gasteiger partial charge in [0.15, 0.2) is 0 Å². The number of nitrogens with zero attached hydrogens (tertiary/aromatic N) is 3. The second kappa shape index (κ2) is 8.71. The third-order valence-electron chi connectivity index (χ3n) is 4.19. The molecule has 0 spiro atoms. The molecule has 3 aromatic rings. The second-order valence-corrected chi connectivity index (χ2v) is 6.63. The minimum absolute atomic E-state index is 0.0376. The lowest BCUT2D eigenvalue weighted by Crippen LogP contribution is -2.30. The molecule has 3 rings (SSSR count). The monoisotopic (exact) mass is 385 g/mol. The Morgan fingerprint density at radius 1 is 1.11 bits per heavy atom. The predicted octanol–water partition coefficient (Wildman–Crippen LogP) is 3.99. The van der Waals surface area contributed by atoms with Crippen molar-refractivity contribution < 1.29 is 13.9 Å². The number of hydrogen-bond acceptors (Lipinski definition) is 6. The quantitative estimate of drug-likeness (QED) is 0.570. The van der Waals surface area contributed by atoms with E-state index >= 15 is 0 Å². The van der Waals surface area contributed by atoms with Crippen LogP contribution in [-0.2, 0) is 0 Å². The highest BCUT2D eigenvalue weighted by Crippen LogP contribution is 2.25. The number of aliphatic hydroxyl groups excluding tert-OH is 1. The molecule has 3 N–H and O–H groups in total. The number of hydrogen-bond donors (Lipinski definition) is 3. The average molecular weight is 385 g/mol. The van der Waals surface area contributed by atoms with Crippen LogP contribution in [0.4, 0.5) is 26.2 Å². The first kappa shape index (κ1) is 19.6. The van der Waals surface area contributed by atoms with Gasteiger partial charge in [0.25, 0.3) is 0 Å². The van der Waals surface area contributed by atoms with E-state index in [1.54, 1.807) is 24.5 Å². The lowest BCUT2D eigenvalue weighted by atomic mass is 10.1. The van der Waals surface area contributed by atoms with Crippen molar-refractivity contribution in [3.05, 3.63) is 60.4 Å². The zero-order valence-electron chi connectivity index (χ0n) is 15.5. The number of rotatable bonds is 7. The van der Waals surface area contributed by atoms with E-state index in [-0.39, 0.29) is 36.0 Å². The van der Waals surface area contributed by atoms with Gasteiger partial charge >= 0.3 is 0 Å². The van der Waals surface area contributed by atoms with Gasteiger partial charge in [-0.2, -0.15) is 4.98 Å². The maximum atomic E-state index is 14.0. The number of halogens is 2. The van der Waals surface area contributed by atoms with Gasteiger partial charge < -0.3 is 15.7 Å². The molecular formula is C20H21F2N5O. The summed E-state index contributed by atoms with van der Waals surface area (Å²) in [5, 5.41) is 15.5. The van der Waals surface area contributed by atoms with Crippen molar-refractivity contribution in [3.63, 3.8) is 0 Å². The number of aliphatic hydroxyl groups is 1. The van der Waals surface area contributed by atoms with E-state index in [4.69, 9.17) is 0 Å². The van der Waals surface area contributed by atoms with Gasteiger partial charge in [0, 0.05) is 30.1 Å². The third kappa shape index (κ3) is 4.77. The fourth-order valence-electron chi connectivity index (χ4n) is 2.56. The Bertz CT molecular complexity index is 937. The van der Waals surface area contributed by atoms with Crippen molar-refractivity contribution in [2.24, 2.45) is 5.92 Å². The predicted molar refractivity (Wildman–Crippen MR) is 104 cm³/mol. The lowest BCUT2D eigenvalue weighted by molar-refractivity contribution is 0.248. The Morgan fingerprint density at radius 3 is 2.61 bits per heavy atom. The van der Waals surface area contributed by atoms with Crippen molar-refractivity contribution >= 4 is 17.5 Å². The van der Waals surface area contributed by atoms with E-state index in [0.29, 0.717) is 5.69 Å². The highest BCUT2D eigenvalue weighted by Gasteiger charge is 2.16. The lowest BCUT2D eigenvalue weighted by Gasteiger charge is -2.20. The van der Waals surface area contributed by atoms with Crippen LogP contribution in [0, 0.1) is 17.6 Å². The highest BCUT2D eigenvalue weighted by atomic mass is 19.1. The molecule has 0 radical (unpaired) electrons. The topological polar surface area (TPSA) is 83.0 Å². The molecule has 2 aromatic heterocycles. The largest absolute Gasteiger partial charge is 0.394 e. The Balaban J connectivity index is 2.00. The standard InChI is InChI=1S/C20H21F2N5O/c1-12(2)18(11-28)26-20-25-16(13-4-3-7-23-10-13)9-19(27-20)24-17-8-14(21)5-6-15(17)22/h3-10,12,18,28H,11H2,1-2H3,(H2,24,25,26,27)/t18-/m1/s1. The molecule has 2 heterocycles. The molecule has 6 nitrogen and oxygen atoms in total. The Morgan fingerprint density at radius 2 is 1.93 bits per heavy atom. The number of anilines is 3. The number of pyridine rings is 1. The van der Waals surface area contributed by atoms with E-state index in [0.717, 1.165) is 23.8 Å². The summed E-state index contributed by atoms with van der Waals surface area (Å²) in [4.78, 5) is 12.9. The summed E-state index contributed by atoms with van der Waals surface area (Å²) in [7, 11) is 0. The van der Waals surface area contributed by atoms with Crippen LogP contribution in [0.15, 0.2) is 48.8 Å².